The Hall–Kier alpha value is -2.74. The highest BCUT2D eigenvalue weighted by atomic mass is 32.2. The van der Waals surface area contributed by atoms with Crippen molar-refractivity contribution in [2.24, 2.45) is 0 Å². The molecule has 8 heteroatoms. The van der Waals surface area contributed by atoms with E-state index in [-0.39, 0.29) is 17.4 Å². The monoisotopic (exact) mass is 419 g/mol. The second-order valence-electron chi connectivity index (χ2n) is 6.74. The molecule has 7 nitrogen and oxygen atoms in total. The Kier molecular flexibility index (Phi) is 6.64. The summed E-state index contributed by atoms with van der Waals surface area (Å²) in [5, 5.41) is -0.505. The van der Waals surface area contributed by atoms with Crippen LogP contribution in [0.15, 0.2) is 53.4 Å². The molecule has 2 aromatic carbocycles. The van der Waals surface area contributed by atoms with Gasteiger partial charge in [0, 0.05) is 13.1 Å². The van der Waals surface area contributed by atoms with E-state index in [4.69, 9.17) is 14.2 Å². The third kappa shape index (κ3) is 4.82. The number of ether oxygens (including phenoxy) is 3. The van der Waals surface area contributed by atoms with Gasteiger partial charge in [0.2, 0.25) is 0 Å². The Morgan fingerprint density at radius 1 is 0.966 bits per heavy atom. The second-order valence-corrected chi connectivity index (χ2v) is 8.97. The first-order valence-corrected chi connectivity index (χ1v) is 10.9. The average molecular weight is 419 g/mol. The van der Waals surface area contributed by atoms with Gasteiger partial charge >= 0.3 is 0 Å². The first-order chi connectivity index (χ1) is 14.0. The highest BCUT2D eigenvalue weighted by molar-refractivity contribution is 7.92. The van der Waals surface area contributed by atoms with Crippen LogP contribution >= 0.6 is 0 Å². The van der Waals surface area contributed by atoms with Crippen LogP contribution in [-0.2, 0) is 14.6 Å². The third-order valence-electron chi connectivity index (χ3n) is 5.04. The minimum atomic E-state index is -3.44. The van der Waals surface area contributed by atoms with Gasteiger partial charge in [0.15, 0.2) is 27.9 Å². The van der Waals surface area contributed by atoms with E-state index in [2.05, 4.69) is 0 Å². The van der Waals surface area contributed by atoms with Crippen LogP contribution in [0.4, 0.5) is 0 Å². The number of carbonyl (C=O) groups excluding carboxylic acids is 1. The van der Waals surface area contributed by atoms with Crippen molar-refractivity contribution in [3.63, 3.8) is 0 Å². The zero-order valence-electron chi connectivity index (χ0n) is 16.5. The number of likely N-dealkylation sites (tertiary alicyclic amines) is 1. The maximum Gasteiger partial charge on any atom is 0.260 e. The molecule has 0 atom stereocenters. The maximum absolute atomic E-state index is 12.9. The fourth-order valence-corrected chi connectivity index (χ4v) is 5.07. The van der Waals surface area contributed by atoms with Crippen LogP contribution in [0.2, 0.25) is 0 Å². The minimum Gasteiger partial charge on any atom is -0.497 e. The summed E-state index contributed by atoms with van der Waals surface area (Å²) < 4.78 is 41.6. The molecule has 0 aliphatic carbocycles. The maximum atomic E-state index is 12.9. The van der Waals surface area contributed by atoms with Crippen LogP contribution in [0.3, 0.4) is 0 Å². The SMILES string of the molecule is COc1ccc(S(=O)(=O)C2CCN(C(=O)COc3ccccc3OC)CC2)cc1. The van der Waals surface area contributed by atoms with Gasteiger partial charge in [0.05, 0.1) is 24.4 Å². The van der Waals surface area contributed by atoms with Gasteiger partial charge in [-0.2, -0.15) is 0 Å². The largest absolute Gasteiger partial charge is 0.497 e. The topological polar surface area (TPSA) is 82.1 Å². The van der Waals surface area contributed by atoms with Crippen molar-refractivity contribution in [1.82, 2.24) is 4.90 Å². The molecular weight excluding hydrogens is 394 g/mol. The predicted octanol–water partition coefficient (Wildman–Crippen LogP) is 2.55. The van der Waals surface area contributed by atoms with Crippen molar-refractivity contribution in [1.29, 1.82) is 0 Å². The molecule has 1 aliphatic heterocycles. The van der Waals surface area contributed by atoms with Crippen LogP contribution in [0.5, 0.6) is 17.2 Å². The number of methoxy groups -OCH3 is 2. The number of amides is 1. The Morgan fingerprint density at radius 2 is 1.59 bits per heavy atom. The molecule has 0 unspecified atom stereocenters. The number of rotatable bonds is 7. The summed E-state index contributed by atoms with van der Waals surface area (Å²) in [5.41, 5.74) is 0. The van der Waals surface area contributed by atoms with Gasteiger partial charge in [0.1, 0.15) is 5.75 Å². The quantitative estimate of drug-likeness (QED) is 0.686. The van der Waals surface area contributed by atoms with Crippen molar-refractivity contribution in [2.45, 2.75) is 23.0 Å². The summed E-state index contributed by atoms with van der Waals surface area (Å²) in [5.74, 6) is 1.50. The van der Waals surface area contributed by atoms with Crippen LogP contribution < -0.4 is 14.2 Å². The first-order valence-electron chi connectivity index (χ1n) is 9.37. The van der Waals surface area contributed by atoms with E-state index in [1.807, 2.05) is 6.07 Å². The van der Waals surface area contributed by atoms with Crippen LogP contribution in [0.25, 0.3) is 0 Å². The average Bonchev–Trinajstić information content (AvgIpc) is 2.77. The predicted molar refractivity (Wildman–Crippen MR) is 108 cm³/mol. The van der Waals surface area contributed by atoms with Crippen molar-refractivity contribution >= 4 is 15.7 Å². The van der Waals surface area contributed by atoms with Gasteiger partial charge in [0.25, 0.3) is 5.91 Å². The van der Waals surface area contributed by atoms with Crippen molar-refractivity contribution in [3.8, 4) is 17.2 Å². The molecule has 3 rings (SSSR count). The Bertz CT molecular complexity index is 934. The summed E-state index contributed by atoms with van der Waals surface area (Å²) in [4.78, 5) is 14.4. The van der Waals surface area contributed by atoms with Crippen molar-refractivity contribution in [3.05, 3.63) is 48.5 Å². The molecule has 0 radical (unpaired) electrons. The number of hydrogen-bond donors (Lipinski definition) is 0. The van der Waals surface area contributed by atoms with Gasteiger partial charge in [-0.3, -0.25) is 4.79 Å². The van der Waals surface area contributed by atoms with E-state index in [0.717, 1.165) is 0 Å². The molecule has 2 aromatic rings. The van der Waals surface area contributed by atoms with E-state index in [1.165, 1.54) is 14.2 Å². The molecule has 1 saturated heterocycles. The summed E-state index contributed by atoms with van der Waals surface area (Å²) in [6.45, 7) is 0.651. The smallest absolute Gasteiger partial charge is 0.260 e. The molecule has 1 heterocycles. The normalized spacial score (nSPS) is 15.0. The number of benzene rings is 2. The fraction of sp³-hybridized carbons (Fsp3) is 0.381. The molecule has 1 aliphatic rings. The van der Waals surface area contributed by atoms with Crippen molar-refractivity contribution < 1.29 is 27.4 Å². The second kappa shape index (κ2) is 9.17. The molecule has 0 saturated carbocycles. The number of para-hydroxylation sites is 2. The van der Waals surface area contributed by atoms with Crippen LogP contribution in [0, 0.1) is 0 Å². The number of hydrogen-bond acceptors (Lipinski definition) is 6. The van der Waals surface area contributed by atoms with Gasteiger partial charge in [-0.05, 0) is 49.2 Å². The van der Waals surface area contributed by atoms with Gasteiger partial charge in [-0.1, -0.05) is 12.1 Å². The molecule has 0 bridgehead atoms. The lowest BCUT2D eigenvalue weighted by atomic mass is 10.1. The van der Waals surface area contributed by atoms with Crippen LogP contribution in [0.1, 0.15) is 12.8 Å². The highest BCUT2D eigenvalue weighted by Gasteiger charge is 2.32. The molecule has 1 fully saturated rings. The summed E-state index contributed by atoms with van der Waals surface area (Å²) in [6.07, 6.45) is 0.795. The van der Waals surface area contributed by atoms with Gasteiger partial charge in [-0.25, -0.2) is 8.42 Å². The van der Waals surface area contributed by atoms with Crippen molar-refractivity contribution in [2.75, 3.05) is 33.9 Å². The number of piperidine rings is 1. The van der Waals surface area contributed by atoms with E-state index in [1.54, 1.807) is 47.4 Å². The molecule has 1 amide bonds. The Morgan fingerprint density at radius 3 is 2.17 bits per heavy atom. The zero-order valence-corrected chi connectivity index (χ0v) is 17.4. The number of sulfone groups is 1. The minimum absolute atomic E-state index is 0.115. The van der Waals surface area contributed by atoms with Crippen LogP contribution in [-0.4, -0.2) is 58.4 Å². The van der Waals surface area contributed by atoms with Gasteiger partial charge in [-0.15, -0.1) is 0 Å². The van der Waals surface area contributed by atoms with E-state index >= 15 is 0 Å². The Balaban J connectivity index is 1.56. The summed E-state index contributed by atoms with van der Waals surface area (Å²) in [7, 11) is -0.366. The fourth-order valence-electron chi connectivity index (χ4n) is 3.34. The lowest BCUT2D eigenvalue weighted by Crippen LogP contribution is -2.44. The number of nitrogens with zero attached hydrogens (tertiary/aromatic N) is 1. The highest BCUT2D eigenvalue weighted by Crippen LogP contribution is 2.27. The first kappa shape index (κ1) is 21.0. The molecule has 0 N–H and O–H groups in total. The Labute approximate surface area is 171 Å². The number of carbonyl (C=O) groups is 1. The standard InChI is InChI=1S/C21H25NO6S/c1-26-16-7-9-17(10-8-16)29(24,25)18-11-13-22(14-12-18)21(23)15-28-20-6-4-3-5-19(20)27-2/h3-10,18H,11-15H2,1-2H3. The molecule has 0 aromatic heterocycles. The molecular formula is C21H25NO6S. The zero-order chi connectivity index (χ0) is 20.9. The molecule has 156 valence electrons. The summed E-state index contributed by atoms with van der Waals surface area (Å²) >= 11 is 0. The van der Waals surface area contributed by atoms with E-state index in [9.17, 15) is 13.2 Å². The lowest BCUT2D eigenvalue weighted by Gasteiger charge is -2.31. The van der Waals surface area contributed by atoms with E-state index in [0.29, 0.717) is 43.2 Å². The van der Waals surface area contributed by atoms with Gasteiger partial charge < -0.3 is 19.1 Å². The molecule has 0 spiro atoms. The lowest BCUT2D eigenvalue weighted by molar-refractivity contribution is -0.134. The third-order valence-corrected chi connectivity index (χ3v) is 7.32. The summed E-state index contributed by atoms with van der Waals surface area (Å²) in [6, 6.07) is 13.5. The molecule has 29 heavy (non-hydrogen) atoms. The van der Waals surface area contributed by atoms with E-state index < -0.39 is 15.1 Å².